The molecule has 0 amide bonds. The summed E-state index contributed by atoms with van der Waals surface area (Å²) in [6, 6.07) is 11.6. The van der Waals surface area contributed by atoms with E-state index < -0.39 is 0 Å². The summed E-state index contributed by atoms with van der Waals surface area (Å²) in [6.45, 7) is 2.14. The third-order valence-corrected chi connectivity index (χ3v) is 4.32. The number of aromatic amines is 1. The molecule has 6 nitrogen and oxygen atoms in total. The van der Waals surface area contributed by atoms with Crippen molar-refractivity contribution in [2.75, 3.05) is 11.1 Å². The number of thioether (sulfide) groups is 1. The average molecular weight is 342 g/mol. The van der Waals surface area contributed by atoms with Crippen LogP contribution in [-0.2, 0) is 12.2 Å². The molecule has 0 atom stereocenters. The van der Waals surface area contributed by atoms with E-state index in [1.54, 1.807) is 18.4 Å². The van der Waals surface area contributed by atoms with E-state index in [0.717, 1.165) is 17.2 Å². The van der Waals surface area contributed by atoms with Crippen LogP contribution in [0, 0.1) is 0 Å². The zero-order valence-corrected chi connectivity index (χ0v) is 14.1. The summed E-state index contributed by atoms with van der Waals surface area (Å²) in [5.41, 5.74) is 2.16. The van der Waals surface area contributed by atoms with E-state index in [1.807, 2.05) is 23.9 Å². The van der Waals surface area contributed by atoms with Crippen LogP contribution in [-0.4, -0.2) is 20.9 Å². The van der Waals surface area contributed by atoms with E-state index in [2.05, 4.69) is 39.6 Å². The SMILES string of the molecule is CCSCc1ccc(Nc2nnc(Cc3ccco3)c(=O)[nH]2)cc1. The first kappa shape index (κ1) is 16.3. The Kier molecular flexibility index (Phi) is 5.32. The number of nitrogens with zero attached hydrogens (tertiary/aromatic N) is 2. The molecule has 0 saturated heterocycles. The molecule has 0 bridgehead atoms. The van der Waals surface area contributed by atoms with Crippen molar-refractivity contribution in [1.82, 2.24) is 15.2 Å². The average Bonchev–Trinajstić information content (AvgIpc) is 3.10. The summed E-state index contributed by atoms with van der Waals surface area (Å²) in [4.78, 5) is 14.8. The van der Waals surface area contributed by atoms with Crippen LogP contribution in [0.5, 0.6) is 0 Å². The fourth-order valence-corrected chi connectivity index (χ4v) is 2.78. The molecule has 124 valence electrons. The van der Waals surface area contributed by atoms with Crippen LogP contribution in [0.2, 0.25) is 0 Å². The second-order valence-electron chi connectivity index (χ2n) is 5.16. The molecule has 0 aliphatic heterocycles. The summed E-state index contributed by atoms with van der Waals surface area (Å²) in [5.74, 6) is 3.09. The second kappa shape index (κ2) is 7.83. The first-order valence-corrected chi connectivity index (χ1v) is 8.82. The molecule has 0 unspecified atom stereocenters. The van der Waals surface area contributed by atoms with E-state index >= 15 is 0 Å². The molecule has 2 heterocycles. The molecule has 0 fully saturated rings. The molecular formula is C17H18N4O2S. The smallest absolute Gasteiger partial charge is 0.274 e. The molecular weight excluding hydrogens is 324 g/mol. The standard InChI is InChI=1S/C17H18N4O2S/c1-2-24-11-12-5-7-13(8-6-12)18-17-19-16(22)15(20-21-17)10-14-4-3-9-23-14/h3-9H,2,10-11H2,1H3,(H2,18,19,21,22). The highest BCUT2D eigenvalue weighted by atomic mass is 32.2. The zero-order valence-electron chi connectivity index (χ0n) is 13.3. The third kappa shape index (κ3) is 4.26. The van der Waals surface area contributed by atoms with Gasteiger partial charge in [0.25, 0.3) is 5.56 Å². The first-order chi connectivity index (χ1) is 11.7. The fourth-order valence-electron chi connectivity index (χ4n) is 2.15. The Bertz CT molecular complexity index is 829. The minimum Gasteiger partial charge on any atom is -0.469 e. The number of H-pyrrole nitrogens is 1. The number of hydrogen-bond donors (Lipinski definition) is 2. The maximum absolute atomic E-state index is 12.1. The molecule has 2 aromatic heterocycles. The fraction of sp³-hybridized carbons (Fsp3) is 0.235. The van der Waals surface area contributed by atoms with Gasteiger partial charge in [-0.1, -0.05) is 19.1 Å². The molecule has 0 aliphatic carbocycles. The van der Waals surface area contributed by atoms with Gasteiger partial charge in [0, 0.05) is 11.4 Å². The Hall–Kier alpha value is -2.54. The summed E-state index contributed by atoms with van der Waals surface area (Å²) in [6.07, 6.45) is 1.88. The van der Waals surface area contributed by atoms with Gasteiger partial charge in [0.2, 0.25) is 5.95 Å². The maximum atomic E-state index is 12.1. The Morgan fingerprint density at radius 3 is 2.71 bits per heavy atom. The lowest BCUT2D eigenvalue weighted by Crippen LogP contribution is -2.18. The van der Waals surface area contributed by atoms with Crippen LogP contribution in [0.15, 0.2) is 51.9 Å². The number of aromatic nitrogens is 3. The van der Waals surface area contributed by atoms with E-state index in [-0.39, 0.29) is 5.56 Å². The second-order valence-corrected chi connectivity index (χ2v) is 6.44. The molecule has 24 heavy (non-hydrogen) atoms. The van der Waals surface area contributed by atoms with Gasteiger partial charge in [-0.15, -0.1) is 10.2 Å². The third-order valence-electron chi connectivity index (χ3n) is 3.38. The Morgan fingerprint density at radius 2 is 2.04 bits per heavy atom. The van der Waals surface area contributed by atoms with Gasteiger partial charge in [-0.2, -0.15) is 11.8 Å². The minimum atomic E-state index is -0.278. The van der Waals surface area contributed by atoms with E-state index in [4.69, 9.17) is 4.42 Å². The van der Waals surface area contributed by atoms with Crippen LogP contribution >= 0.6 is 11.8 Å². The highest BCUT2D eigenvalue weighted by Gasteiger charge is 2.08. The van der Waals surface area contributed by atoms with Gasteiger partial charge in [-0.25, -0.2) is 0 Å². The molecule has 3 rings (SSSR count). The van der Waals surface area contributed by atoms with E-state index in [0.29, 0.717) is 23.8 Å². The number of hydrogen-bond acceptors (Lipinski definition) is 6. The van der Waals surface area contributed by atoms with Crippen molar-refractivity contribution in [1.29, 1.82) is 0 Å². The topological polar surface area (TPSA) is 83.8 Å². The van der Waals surface area contributed by atoms with Gasteiger partial charge >= 0.3 is 0 Å². The summed E-state index contributed by atoms with van der Waals surface area (Å²) in [5, 5.41) is 11.1. The van der Waals surface area contributed by atoms with Crippen LogP contribution in [0.4, 0.5) is 11.6 Å². The lowest BCUT2D eigenvalue weighted by molar-refractivity contribution is 0.517. The van der Waals surface area contributed by atoms with Crippen molar-refractivity contribution < 1.29 is 4.42 Å². The van der Waals surface area contributed by atoms with E-state index in [9.17, 15) is 4.79 Å². The quantitative estimate of drug-likeness (QED) is 0.685. The van der Waals surface area contributed by atoms with Crippen LogP contribution in [0.3, 0.4) is 0 Å². The molecule has 3 aromatic rings. The van der Waals surface area contributed by atoms with Gasteiger partial charge in [0.15, 0.2) is 0 Å². The number of anilines is 2. The Balaban J connectivity index is 1.67. The van der Waals surface area contributed by atoms with Crippen molar-refractivity contribution in [3.63, 3.8) is 0 Å². The molecule has 7 heteroatoms. The lowest BCUT2D eigenvalue weighted by atomic mass is 10.2. The monoisotopic (exact) mass is 342 g/mol. The summed E-state index contributed by atoms with van der Waals surface area (Å²) >= 11 is 1.88. The molecule has 0 saturated carbocycles. The van der Waals surface area contributed by atoms with Crippen molar-refractivity contribution in [2.24, 2.45) is 0 Å². The minimum absolute atomic E-state index is 0.278. The molecule has 2 N–H and O–H groups in total. The number of benzene rings is 1. The van der Waals surface area contributed by atoms with Crippen LogP contribution < -0.4 is 10.9 Å². The highest BCUT2D eigenvalue weighted by molar-refractivity contribution is 7.98. The van der Waals surface area contributed by atoms with Crippen molar-refractivity contribution >= 4 is 23.4 Å². The van der Waals surface area contributed by atoms with Gasteiger partial charge in [-0.3, -0.25) is 9.78 Å². The van der Waals surface area contributed by atoms with Gasteiger partial charge in [-0.05, 0) is 35.6 Å². The van der Waals surface area contributed by atoms with Crippen LogP contribution in [0.25, 0.3) is 0 Å². The van der Waals surface area contributed by atoms with Crippen molar-refractivity contribution in [3.05, 3.63) is 70.0 Å². The molecule has 0 aliphatic rings. The maximum Gasteiger partial charge on any atom is 0.274 e. The van der Waals surface area contributed by atoms with Crippen molar-refractivity contribution in [2.45, 2.75) is 19.1 Å². The van der Waals surface area contributed by atoms with E-state index in [1.165, 1.54) is 5.56 Å². The summed E-state index contributed by atoms with van der Waals surface area (Å²) in [7, 11) is 0. The van der Waals surface area contributed by atoms with Crippen molar-refractivity contribution in [3.8, 4) is 0 Å². The zero-order chi connectivity index (χ0) is 16.8. The predicted octanol–water partition coefficient (Wildman–Crippen LogP) is 3.35. The van der Waals surface area contributed by atoms with Gasteiger partial charge in [0.05, 0.1) is 12.7 Å². The largest absolute Gasteiger partial charge is 0.469 e. The highest BCUT2D eigenvalue weighted by Crippen LogP contribution is 2.16. The van der Waals surface area contributed by atoms with Gasteiger partial charge in [0.1, 0.15) is 11.5 Å². The first-order valence-electron chi connectivity index (χ1n) is 7.66. The normalized spacial score (nSPS) is 10.7. The number of furan rings is 1. The lowest BCUT2D eigenvalue weighted by Gasteiger charge is -2.06. The molecule has 0 radical (unpaired) electrons. The molecule has 0 spiro atoms. The van der Waals surface area contributed by atoms with Crippen LogP contribution in [0.1, 0.15) is 23.9 Å². The predicted molar refractivity (Wildman–Crippen MR) is 95.7 cm³/mol. The summed E-state index contributed by atoms with van der Waals surface area (Å²) < 4.78 is 5.22. The molecule has 1 aromatic carbocycles. The Morgan fingerprint density at radius 1 is 1.21 bits per heavy atom. The van der Waals surface area contributed by atoms with Gasteiger partial charge < -0.3 is 9.73 Å². The Labute approximate surface area is 143 Å². The number of nitrogens with one attached hydrogen (secondary N) is 2. The number of rotatable bonds is 7.